The minimum absolute atomic E-state index is 0.0927. The second-order valence-corrected chi connectivity index (χ2v) is 6.72. The topological polar surface area (TPSA) is 61.4 Å². The molecule has 0 fully saturated rings. The normalized spacial score (nSPS) is 11.7. The Hall–Kier alpha value is -2.40. The molecule has 0 heterocycles. The predicted molar refractivity (Wildman–Crippen MR) is 106 cm³/mol. The molecular formula is C20H24N2O2S. The second-order valence-electron chi connectivity index (χ2n) is 6.31. The Morgan fingerprint density at radius 3 is 2.56 bits per heavy atom. The van der Waals surface area contributed by atoms with Gasteiger partial charge in [0, 0.05) is 5.56 Å². The first-order chi connectivity index (χ1) is 11.8. The van der Waals surface area contributed by atoms with E-state index in [-0.39, 0.29) is 16.8 Å². The minimum atomic E-state index is -0.271. The largest absolute Gasteiger partial charge is 0.506 e. The molecule has 2 aromatic carbocycles. The summed E-state index contributed by atoms with van der Waals surface area (Å²) in [4.78, 5) is 12.4. The number of aromatic hydroxyl groups is 1. The maximum Gasteiger partial charge on any atom is 0.257 e. The molecule has 0 aromatic heterocycles. The number of phenols is 1. The Bertz CT molecular complexity index is 802. The van der Waals surface area contributed by atoms with Gasteiger partial charge in [0.15, 0.2) is 5.11 Å². The number of hydrogen-bond donors (Lipinski definition) is 3. The highest BCUT2D eigenvalue weighted by Gasteiger charge is 2.13. The molecule has 0 radical (unpaired) electrons. The molecule has 0 aliphatic carbocycles. The van der Waals surface area contributed by atoms with Crippen LogP contribution >= 0.6 is 12.2 Å². The summed E-state index contributed by atoms with van der Waals surface area (Å²) in [5.74, 6) is 0.197. The number of amides is 1. The first kappa shape index (κ1) is 18.9. The summed E-state index contributed by atoms with van der Waals surface area (Å²) in [5.41, 5.74) is 4.16. The summed E-state index contributed by atoms with van der Waals surface area (Å²) in [7, 11) is 0. The van der Waals surface area contributed by atoms with E-state index >= 15 is 0 Å². The van der Waals surface area contributed by atoms with Crippen LogP contribution in [-0.4, -0.2) is 16.1 Å². The lowest BCUT2D eigenvalue weighted by Gasteiger charge is -2.15. The van der Waals surface area contributed by atoms with E-state index in [2.05, 4.69) is 24.5 Å². The zero-order valence-corrected chi connectivity index (χ0v) is 15.8. The van der Waals surface area contributed by atoms with Gasteiger partial charge in [-0.1, -0.05) is 37.6 Å². The molecule has 2 aromatic rings. The van der Waals surface area contributed by atoms with Crippen molar-refractivity contribution in [3.63, 3.8) is 0 Å². The van der Waals surface area contributed by atoms with E-state index in [1.165, 1.54) is 0 Å². The Kier molecular flexibility index (Phi) is 6.15. The average Bonchev–Trinajstić information content (AvgIpc) is 2.55. The summed E-state index contributed by atoms with van der Waals surface area (Å²) < 4.78 is 0. The van der Waals surface area contributed by atoms with Gasteiger partial charge in [0.25, 0.3) is 5.91 Å². The Labute approximate surface area is 154 Å². The molecule has 0 unspecified atom stereocenters. The van der Waals surface area contributed by atoms with Gasteiger partial charge in [-0.15, -0.1) is 0 Å². The van der Waals surface area contributed by atoms with E-state index in [0.717, 1.165) is 23.1 Å². The van der Waals surface area contributed by atoms with Gasteiger partial charge in [-0.05, 0) is 67.7 Å². The molecule has 1 atom stereocenters. The van der Waals surface area contributed by atoms with Gasteiger partial charge in [-0.25, -0.2) is 0 Å². The number of aryl methyl sites for hydroxylation is 2. The number of hydrogen-bond acceptors (Lipinski definition) is 3. The number of carbonyl (C=O) groups is 1. The van der Waals surface area contributed by atoms with E-state index < -0.39 is 0 Å². The van der Waals surface area contributed by atoms with E-state index in [4.69, 9.17) is 12.2 Å². The number of anilines is 1. The van der Waals surface area contributed by atoms with E-state index in [0.29, 0.717) is 17.2 Å². The average molecular weight is 356 g/mol. The smallest absolute Gasteiger partial charge is 0.257 e. The van der Waals surface area contributed by atoms with E-state index in [1.807, 2.05) is 38.1 Å². The summed E-state index contributed by atoms with van der Waals surface area (Å²) >= 11 is 5.22. The van der Waals surface area contributed by atoms with Crippen molar-refractivity contribution in [2.24, 2.45) is 0 Å². The molecule has 0 aliphatic heterocycles. The van der Waals surface area contributed by atoms with Gasteiger partial charge in [0.05, 0.1) is 5.69 Å². The van der Waals surface area contributed by atoms with Crippen molar-refractivity contribution in [3.05, 3.63) is 58.7 Å². The van der Waals surface area contributed by atoms with Crippen LogP contribution in [0.2, 0.25) is 0 Å². The standard InChI is InChI=1S/C20H24N2O2S/c1-5-13(3)15-7-9-18(23)17(11-15)21-20(25)22-19(24)16-8-6-12(2)10-14(16)4/h6-11,13,23H,5H2,1-4H3,(H2,21,22,24,25)/t13-/m1/s1. The Morgan fingerprint density at radius 2 is 1.92 bits per heavy atom. The van der Waals surface area contributed by atoms with Crippen molar-refractivity contribution >= 4 is 28.9 Å². The molecule has 0 bridgehead atoms. The highest BCUT2D eigenvalue weighted by molar-refractivity contribution is 7.80. The monoisotopic (exact) mass is 356 g/mol. The molecule has 132 valence electrons. The number of nitrogens with one attached hydrogen (secondary N) is 2. The summed E-state index contributed by atoms with van der Waals surface area (Å²) in [6.07, 6.45) is 0.998. The van der Waals surface area contributed by atoms with Crippen LogP contribution < -0.4 is 10.6 Å². The van der Waals surface area contributed by atoms with Gasteiger partial charge >= 0.3 is 0 Å². The third kappa shape index (κ3) is 4.79. The van der Waals surface area contributed by atoms with Crippen LogP contribution in [0.25, 0.3) is 0 Å². The molecule has 0 saturated heterocycles. The third-order valence-electron chi connectivity index (χ3n) is 4.30. The van der Waals surface area contributed by atoms with Gasteiger partial charge in [-0.2, -0.15) is 0 Å². The van der Waals surface area contributed by atoms with Crippen molar-refractivity contribution < 1.29 is 9.90 Å². The first-order valence-corrected chi connectivity index (χ1v) is 8.75. The molecule has 0 saturated carbocycles. The van der Waals surface area contributed by atoms with E-state index in [1.54, 1.807) is 12.1 Å². The van der Waals surface area contributed by atoms with Crippen LogP contribution in [0.3, 0.4) is 0 Å². The Morgan fingerprint density at radius 1 is 1.20 bits per heavy atom. The highest BCUT2D eigenvalue weighted by Crippen LogP contribution is 2.29. The van der Waals surface area contributed by atoms with Crippen LogP contribution in [0, 0.1) is 13.8 Å². The number of phenolic OH excluding ortho intramolecular Hbond substituents is 1. The lowest BCUT2D eigenvalue weighted by molar-refractivity contribution is 0.0977. The van der Waals surface area contributed by atoms with Crippen molar-refractivity contribution in [2.45, 2.75) is 40.0 Å². The number of thiocarbonyl (C=S) groups is 1. The maximum atomic E-state index is 12.4. The molecule has 25 heavy (non-hydrogen) atoms. The fourth-order valence-electron chi connectivity index (χ4n) is 2.59. The minimum Gasteiger partial charge on any atom is -0.506 e. The zero-order chi connectivity index (χ0) is 18.6. The fraction of sp³-hybridized carbons (Fsp3) is 0.300. The maximum absolute atomic E-state index is 12.4. The van der Waals surface area contributed by atoms with Crippen LogP contribution in [-0.2, 0) is 0 Å². The molecule has 0 spiro atoms. The third-order valence-corrected chi connectivity index (χ3v) is 4.51. The van der Waals surface area contributed by atoms with Gasteiger partial charge in [-0.3, -0.25) is 10.1 Å². The molecule has 0 aliphatic rings. The van der Waals surface area contributed by atoms with E-state index in [9.17, 15) is 9.90 Å². The van der Waals surface area contributed by atoms with Gasteiger partial charge in [0.1, 0.15) is 5.75 Å². The van der Waals surface area contributed by atoms with Crippen molar-refractivity contribution in [1.29, 1.82) is 0 Å². The molecule has 3 N–H and O–H groups in total. The van der Waals surface area contributed by atoms with Gasteiger partial charge < -0.3 is 10.4 Å². The zero-order valence-electron chi connectivity index (χ0n) is 15.0. The van der Waals surface area contributed by atoms with Crippen molar-refractivity contribution in [1.82, 2.24) is 5.32 Å². The lowest BCUT2D eigenvalue weighted by Crippen LogP contribution is -2.34. The molecule has 4 nitrogen and oxygen atoms in total. The molecule has 5 heteroatoms. The SMILES string of the molecule is CC[C@@H](C)c1ccc(O)c(NC(=S)NC(=O)c2ccc(C)cc2C)c1. The van der Waals surface area contributed by atoms with Crippen LogP contribution in [0.4, 0.5) is 5.69 Å². The Balaban J connectivity index is 2.11. The molecular weight excluding hydrogens is 332 g/mol. The molecule has 1 amide bonds. The highest BCUT2D eigenvalue weighted by atomic mass is 32.1. The first-order valence-electron chi connectivity index (χ1n) is 8.34. The van der Waals surface area contributed by atoms with Gasteiger partial charge in [0.2, 0.25) is 0 Å². The molecule has 2 rings (SSSR count). The second kappa shape index (κ2) is 8.12. The number of rotatable bonds is 4. The summed E-state index contributed by atoms with van der Waals surface area (Å²) in [5, 5.41) is 15.8. The van der Waals surface area contributed by atoms with Crippen LogP contribution in [0.15, 0.2) is 36.4 Å². The van der Waals surface area contributed by atoms with Crippen LogP contribution in [0.1, 0.15) is 53.2 Å². The quantitative estimate of drug-likeness (QED) is 0.551. The number of carbonyl (C=O) groups excluding carboxylic acids is 1. The lowest BCUT2D eigenvalue weighted by atomic mass is 9.98. The number of benzene rings is 2. The van der Waals surface area contributed by atoms with Crippen molar-refractivity contribution in [3.8, 4) is 5.75 Å². The fourth-order valence-corrected chi connectivity index (χ4v) is 2.79. The van der Waals surface area contributed by atoms with Crippen LogP contribution in [0.5, 0.6) is 5.75 Å². The summed E-state index contributed by atoms with van der Waals surface area (Å²) in [6.45, 7) is 8.10. The van der Waals surface area contributed by atoms with Crippen molar-refractivity contribution in [2.75, 3.05) is 5.32 Å². The predicted octanol–water partition coefficient (Wildman–Crippen LogP) is 4.65. The summed E-state index contributed by atoms with van der Waals surface area (Å²) in [6, 6.07) is 11.0.